The summed E-state index contributed by atoms with van der Waals surface area (Å²) >= 11 is 1.72. The molecule has 26 heavy (non-hydrogen) atoms. The van der Waals surface area contributed by atoms with Gasteiger partial charge in [0.25, 0.3) is 0 Å². The Hall–Kier alpha value is -1.87. The van der Waals surface area contributed by atoms with Crippen LogP contribution in [0.2, 0.25) is 0 Å². The number of hydrogen-bond acceptors (Lipinski definition) is 3. The second-order valence-electron chi connectivity index (χ2n) is 8.04. The maximum atomic E-state index is 12.9. The zero-order chi connectivity index (χ0) is 18.5. The maximum absolute atomic E-state index is 12.9. The van der Waals surface area contributed by atoms with Gasteiger partial charge >= 0.3 is 0 Å². The molecular formula is C23H26O2S. The van der Waals surface area contributed by atoms with Crippen LogP contribution in [0.4, 0.5) is 0 Å². The predicted octanol–water partition coefficient (Wildman–Crippen LogP) is 5.80. The van der Waals surface area contributed by atoms with Gasteiger partial charge in [0.15, 0.2) is 5.78 Å². The molecule has 1 N–H and O–H groups in total. The second-order valence-corrected chi connectivity index (χ2v) is 9.15. The standard InChI is InChI=1S/C23H26O2S/c1-4-20-18-13-23(9-10-23)8-7-17(18)22(26-20)19(24)6-5-16-11-14(2)21(25)15(3)12-16/h5-6,11-12,25H,4,7-10,13H2,1-3H3. The van der Waals surface area contributed by atoms with Crippen LogP contribution in [0, 0.1) is 19.3 Å². The van der Waals surface area contributed by atoms with E-state index in [2.05, 4.69) is 6.92 Å². The molecule has 1 heterocycles. The van der Waals surface area contributed by atoms with E-state index < -0.39 is 0 Å². The fourth-order valence-corrected chi connectivity index (χ4v) is 5.52. The lowest BCUT2D eigenvalue weighted by atomic mass is 9.81. The summed E-state index contributed by atoms with van der Waals surface area (Å²) in [6, 6.07) is 3.84. The van der Waals surface area contributed by atoms with Gasteiger partial charge in [-0.3, -0.25) is 4.79 Å². The third-order valence-electron chi connectivity index (χ3n) is 6.10. The van der Waals surface area contributed by atoms with Gasteiger partial charge < -0.3 is 5.11 Å². The summed E-state index contributed by atoms with van der Waals surface area (Å²) in [5.74, 6) is 0.462. The van der Waals surface area contributed by atoms with Gasteiger partial charge in [-0.15, -0.1) is 11.3 Å². The molecule has 136 valence electrons. The van der Waals surface area contributed by atoms with Gasteiger partial charge in [0, 0.05) is 4.88 Å². The van der Waals surface area contributed by atoms with Crippen molar-refractivity contribution in [3.05, 3.63) is 55.8 Å². The molecule has 0 atom stereocenters. The zero-order valence-corrected chi connectivity index (χ0v) is 16.6. The van der Waals surface area contributed by atoms with Crippen molar-refractivity contribution in [2.24, 2.45) is 5.41 Å². The van der Waals surface area contributed by atoms with Gasteiger partial charge in [-0.2, -0.15) is 0 Å². The molecule has 2 aliphatic rings. The Bertz CT molecular complexity index is 890. The Balaban J connectivity index is 1.62. The molecule has 1 saturated carbocycles. The smallest absolute Gasteiger partial charge is 0.196 e. The lowest BCUT2D eigenvalue weighted by molar-refractivity contribution is 0.105. The summed E-state index contributed by atoms with van der Waals surface area (Å²) in [6.45, 7) is 5.98. The van der Waals surface area contributed by atoms with E-state index in [1.54, 1.807) is 17.4 Å². The van der Waals surface area contributed by atoms with Crippen molar-refractivity contribution in [1.82, 2.24) is 0 Å². The molecule has 0 unspecified atom stereocenters. The number of fused-ring (bicyclic) bond motifs is 1. The van der Waals surface area contributed by atoms with Crippen LogP contribution in [0.15, 0.2) is 18.2 Å². The minimum absolute atomic E-state index is 0.126. The molecule has 1 aromatic carbocycles. The Morgan fingerprint density at radius 1 is 1.19 bits per heavy atom. The first-order valence-electron chi connectivity index (χ1n) is 9.58. The first kappa shape index (κ1) is 17.5. The molecule has 1 fully saturated rings. The second kappa shape index (κ2) is 6.38. The third-order valence-corrected chi connectivity index (χ3v) is 7.53. The monoisotopic (exact) mass is 366 g/mol. The fraction of sp³-hybridized carbons (Fsp3) is 0.435. The van der Waals surface area contributed by atoms with Gasteiger partial charge in [0.05, 0.1) is 4.88 Å². The van der Waals surface area contributed by atoms with Gasteiger partial charge in [0.2, 0.25) is 0 Å². The summed E-state index contributed by atoms with van der Waals surface area (Å²) in [5.41, 5.74) is 6.05. The highest BCUT2D eigenvalue weighted by Gasteiger charge is 2.46. The average Bonchev–Trinajstić information content (AvgIpc) is 3.27. The number of hydrogen-bond donors (Lipinski definition) is 1. The Labute approximate surface area is 159 Å². The molecule has 1 aromatic heterocycles. The number of aryl methyl sites for hydroxylation is 3. The number of benzene rings is 1. The highest BCUT2D eigenvalue weighted by atomic mass is 32.1. The van der Waals surface area contributed by atoms with Gasteiger partial charge in [-0.05, 0) is 104 Å². The van der Waals surface area contributed by atoms with E-state index in [9.17, 15) is 9.90 Å². The highest BCUT2D eigenvalue weighted by molar-refractivity contribution is 7.14. The van der Waals surface area contributed by atoms with Crippen molar-refractivity contribution in [2.45, 2.75) is 59.3 Å². The van der Waals surface area contributed by atoms with E-state index in [0.717, 1.165) is 34.4 Å². The number of rotatable bonds is 4. The molecule has 2 aliphatic carbocycles. The Morgan fingerprint density at radius 3 is 2.50 bits per heavy atom. The maximum Gasteiger partial charge on any atom is 0.196 e. The highest BCUT2D eigenvalue weighted by Crippen LogP contribution is 2.56. The van der Waals surface area contributed by atoms with Crippen molar-refractivity contribution < 1.29 is 9.90 Å². The summed E-state index contributed by atoms with van der Waals surface area (Å²) in [5, 5.41) is 9.91. The molecular weight excluding hydrogens is 340 g/mol. The van der Waals surface area contributed by atoms with Crippen molar-refractivity contribution in [3.63, 3.8) is 0 Å². The fourth-order valence-electron chi connectivity index (χ4n) is 4.30. The molecule has 0 aliphatic heterocycles. The van der Waals surface area contributed by atoms with Crippen LogP contribution < -0.4 is 0 Å². The molecule has 1 spiro atoms. The molecule has 0 radical (unpaired) electrons. The van der Waals surface area contributed by atoms with Crippen molar-refractivity contribution in [2.75, 3.05) is 0 Å². The first-order valence-corrected chi connectivity index (χ1v) is 10.4. The van der Waals surface area contributed by atoms with Gasteiger partial charge in [-0.25, -0.2) is 0 Å². The van der Waals surface area contributed by atoms with Crippen molar-refractivity contribution in [3.8, 4) is 5.75 Å². The number of phenols is 1. The lowest BCUT2D eigenvalue weighted by Gasteiger charge is -2.23. The molecule has 0 bridgehead atoms. The number of ketones is 1. The number of aromatic hydroxyl groups is 1. The number of carbonyl (C=O) groups is 1. The van der Waals surface area contributed by atoms with Gasteiger partial charge in [-0.1, -0.05) is 13.0 Å². The number of carbonyl (C=O) groups excluding carboxylic acids is 1. The molecule has 2 nitrogen and oxygen atoms in total. The van der Waals surface area contributed by atoms with E-state index in [4.69, 9.17) is 0 Å². The van der Waals surface area contributed by atoms with Gasteiger partial charge in [0.1, 0.15) is 5.75 Å². The zero-order valence-electron chi connectivity index (χ0n) is 15.8. The molecule has 2 aromatic rings. The van der Waals surface area contributed by atoms with E-state index >= 15 is 0 Å². The van der Waals surface area contributed by atoms with Crippen LogP contribution in [0.1, 0.15) is 68.6 Å². The molecule has 3 heteroatoms. The average molecular weight is 367 g/mol. The van der Waals surface area contributed by atoms with E-state index in [0.29, 0.717) is 11.2 Å². The van der Waals surface area contributed by atoms with Crippen molar-refractivity contribution >= 4 is 23.2 Å². The van der Waals surface area contributed by atoms with Crippen LogP contribution >= 0.6 is 11.3 Å². The first-order chi connectivity index (χ1) is 12.4. The summed E-state index contributed by atoms with van der Waals surface area (Å²) < 4.78 is 0. The van der Waals surface area contributed by atoms with Crippen LogP contribution in [0.3, 0.4) is 0 Å². The summed E-state index contributed by atoms with van der Waals surface area (Å²) in [4.78, 5) is 15.3. The Kier molecular flexibility index (Phi) is 4.31. The SMILES string of the molecule is CCc1sc(C(=O)C=Cc2cc(C)c(O)c(C)c2)c2c1CC1(CC2)CC1. The molecule has 0 amide bonds. The quantitative estimate of drug-likeness (QED) is 0.548. The topological polar surface area (TPSA) is 37.3 Å². The van der Waals surface area contributed by atoms with Crippen molar-refractivity contribution in [1.29, 1.82) is 0 Å². The largest absolute Gasteiger partial charge is 0.507 e. The molecule has 4 rings (SSSR count). The minimum atomic E-state index is 0.126. The van der Waals surface area contributed by atoms with Crippen LogP contribution in [0.5, 0.6) is 5.75 Å². The van der Waals surface area contributed by atoms with Crippen LogP contribution in [-0.4, -0.2) is 10.9 Å². The lowest BCUT2D eigenvalue weighted by Crippen LogP contribution is -2.16. The predicted molar refractivity (Wildman–Crippen MR) is 108 cm³/mol. The number of thiophene rings is 1. The van der Waals surface area contributed by atoms with E-state index in [-0.39, 0.29) is 5.78 Å². The summed E-state index contributed by atoms with van der Waals surface area (Å²) in [7, 11) is 0. The van der Waals surface area contributed by atoms with Crippen LogP contribution in [-0.2, 0) is 19.3 Å². The number of phenolic OH excluding ortho intramolecular Hbond substituents is 1. The van der Waals surface area contributed by atoms with Crippen LogP contribution in [0.25, 0.3) is 6.08 Å². The normalized spacial score (nSPS) is 17.7. The number of allylic oxidation sites excluding steroid dienone is 1. The summed E-state index contributed by atoms with van der Waals surface area (Å²) in [6.07, 6.45) is 10.9. The molecule has 0 saturated heterocycles. The Morgan fingerprint density at radius 2 is 1.88 bits per heavy atom. The third kappa shape index (κ3) is 3.03. The minimum Gasteiger partial charge on any atom is -0.507 e. The van der Waals surface area contributed by atoms with E-state index in [1.165, 1.54) is 41.7 Å². The van der Waals surface area contributed by atoms with E-state index in [1.807, 2.05) is 32.1 Å².